The molecular weight excluding hydrogens is 306 g/mol. The number of methoxy groups -OCH3 is 2. The Bertz CT molecular complexity index is 416. The van der Waals surface area contributed by atoms with Crippen molar-refractivity contribution >= 4 is 23.4 Å². The molecule has 21 heavy (non-hydrogen) atoms. The number of hydrogen-bond acceptors (Lipinski definition) is 4. The summed E-state index contributed by atoms with van der Waals surface area (Å²) in [6, 6.07) is 3.87. The number of nitrogens with one attached hydrogen (secondary N) is 1. The Morgan fingerprint density at radius 1 is 1.10 bits per heavy atom. The van der Waals surface area contributed by atoms with Crippen molar-refractivity contribution in [3.05, 3.63) is 22.7 Å². The predicted octanol–water partition coefficient (Wildman–Crippen LogP) is 4.37. The van der Waals surface area contributed by atoms with Gasteiger partial charge in [0.25, 0.3) is 0 Å². The Hall–Kier alpha value is -0.580. The van der Waals surface area contributed by atoms with Crippen molar-refractivity contribution in [1.29, 1.82) is 0 Å². The Morgan fingerprint density at radius 2 is 1.86 bits per heavy atom. The van der Waals surface area contributed by atoms with E-state index in [9.17, 15) is 0 Å². The van der Waals surface area contributed by atoms with Crippen LogP contribution in [-0.4, -0.2) is 32.8 Å². The van der Waals surface area contributed by atoms with E-state index in [2.05, 4.69) is 11.6 Å². The highest BCUT2D eigenvalue weighted by atomic mass is 35.5. The monoisotopic (exact) mass is 331 g/mol. The molecule has 1 rings (SSSR count). The van der Waals surface area contributed by atoms with Crippen LogP contribution in [0.1, 0.15) is 31.2 Å². The molecule has 0 aromatic heterocycles. The topological polar surface area (TPSA) is 30.5 Å². The van der Waals surface area contributed by atoms with Crippen LogP contribution in [0, 0.1) is 0 Å². The highest BCUT2D eigenvalue weighted by Gasteiger charge is 2.12. The largest absolute Gasteiger partial charge is 0.493 e. The highest BCUT2D eigenvalue weighted by molar-refractivity contribution is 7.98. The van der Waals surface area contributed by atoms with Crippen LogP contribution in [-0.2, 0) is 6.54 Å². The van der Waals surface area contributed by atoms with Crippen molar-refractivity contribution in [2.75, 3.05) is 32.8 Å². The van der Waals surface area contributed by atoms with Gasteiger partial charge in [-0.1, -0.05) is 30.5 Å². The third-order valence-corrected chi connectivity index (χ3v) is 4.44. The van der Waals surface area contributed by atoms with Crippen LogP contribution in [0.3, 0.4) is 0 Å². The number of benzene rings is 1. The van der Waals surface area contributed by atoms with Crippen molar-refractivity contribution in [2.45, 2.75) is 32.2 Å². The van der Waals surface area contributed by atoms with E-state index in [1.54, 1.807) is 14.2 Å². The first-order valence-electron chi connectivity index (χ1n) is 7.33. The van der Waals surface area contributed by atoms with E-state index in [1.807, 2.05) is 23.9 Å². The summed E-state index contributed by atoms with van der Waals surface area (Å²) >= 11 is 8.27. The summed E-state index contributed by atoms with van der Waals surface area (Å²) in [5.41, 5.74) is 1.04. The average molecular weight is 332 g/mol. The average Bonchev–Trinajstić information content (AvgIpc) is 2.50. The van der Waals surface area contributed by atoms with Gasteiger partial charge in [-0.05, 0) is 43.0 Å². The van der Waals surface area contributed by atoms with Gasteiger partial charge in [-0.2, -0.15) is 11.8 Å². The molecule has 0 fully saturated rings. The molecule has 5 heteroatoms. The molecule has 120 valence electrons. The summed E-state index contributed by atoms with van der Waals surface area (Å²) in [5, 5.41) is 4.07. The fraction of sp³-hybridized carbons (Fsp3) is 0.625. The molecule has 0 spiro atoms. The molecule has 0 heterocycles. The fourth-order valence-electron chi connectivity index (χ4n) is 2.14. The molecule has 0 atom stereocenters. The Balaban J connectivity index is 2.32. The molecule has 0 aliphatic heterocycles. The summed E-state index contributed by atoms with van der Waals surface area (Å²) < 4.78 is 10.5. The Labute approximate surface area is 137 Å². The molecule has 0 saturated heterocycles. The lowest BCUT2D eigenvalue weighted by molar-refractivity contribution is 0.354. The van der Waals surface area contributed by atoms with E-state index >= 15 is 0 Å². The van der Waals surface area contributed by atoms with Gasteiger partial charge >= 0.3 is 0 Å². The minimum absolute atomic E-state index is 0.607. The lowest BCUT2D eigenvalue weighted by atomic mass is 10.2. The predicted molar refractivity (Wildman–Crippen MR) is 93.1 cm³/mol. The third kappa shape index (κ3) is 6.37. The van der Waals surface area contributed by atoms with Crippen molar-refractivity contribution in [1.82, 2.24) is 5.32 Å². The molecule has 0 bridgehead atoms. The number of hydrogen-bond donors (Lipinski definition) is 1. The minimum atomic E-state index is 0.607. The van der Waals surface area contributed by atoms with Crippen LogP contribution in [0.25, 0.3) is 0 Å². The second-order valence-corrected chi connectivity index (χ2v) is 6.22. The standard InChI is InChI=1S/C16H26ClNO2S/c1-19-14-9-8-13(15(17)16(14)20-2)12-18-10-6-4-5-7-11-21-3/h8-9,18H,4-7,10-12H2,1-3H3. The quantitative estimate of drug-likeness (QED) is 0.610. The first kappa shape index (κ1) is 18.5. The molecule has 1 N–H and O–H groups in total. The van der Waals surface area contributed by atoms with Crippen LogP contribution in [0.15, 0.2) is 12.1 Å². The maximum absolute atomic E-state index is 6.34. The molecule has 0 radical (unpaired) electrons. The smallest absolute Gasteiger partial charge is 0.179 e. The molecule has 0 amide bonds. The van der Waals surface area contributed by atoms with Gasteiger partial charge in [-0.25, -0.2) is 0 Å². The van der Waals surface area contributed by atoms with Gasteiger partial charge < -0.3 is 14.8 Å². The number of ether oxygens (including phenoxy) is 2. The molecular formula is C16H26ClNO2S. The van der Waals surface area contributed by atoms with Crippen LogP contribution in [0.2, 0.25) is 5.02 Å². The second kappa shape index (κ2) is 11.0. The lowest BCUT2D eigenvalue weighted by Gasteiger charge is -2.13. The van der Waals surface area contributed by atoms with Crippen LogP contribution in [0.4, 0.5) is 0 Å². The van der Waals surface area contributed by atoms with E-state index in [1.165, 1.54) is 31.4 Å². The van der Waals surface area contributed by atoms with E-state index < -0.39 is 0 Å². The first-order chi connectivity index (χ1) is 10.2. The molecule has 3 nitrogen and oxygen atoms in total. The lowest BCUT2D eigenvalue weighted by Crippen LogP contribution is -2.15. The maximum Gasteiger partial charge on any atom is 0.179 e. The van der Waals surface area contributed by atoms with Crippen LogP contribution < -0.4 is 14.8 Å². The van der Waals surface area contributed by atoms with Crippen molar-refractivity contribution < 1.29 is 9.47 Å². The zero-order valence-electron chi connectivity index (χ0n) is 13.2. The fourth-order valence-corrected chi connectivity index (χ4v) is 2.93. The van der Waals surface area contributed by atoms with E-state index in [0.29, 0.717) is 16.5 Å². The summed E-state index contributed by atoms with van der Waals surface area (Å²) in [7, 11) is 3.22. The second-order valence-electron chi connectivity index (χ2n) is 4.86. The molecule has 0 aliphatic carbocycles. The SMILES string of the molecule is COc1ccc(CNCCCCCCSC)c(Cl)c1OC. The first-order valence-corrected chi connectivity index (χ1v) is 9.10. The molecule has 0 aliphatic rings. The summed E-state index contributed by atoms with van der Waals surface area (Å²) in [4.78, 5) is 0. The Morgan fingerprint density at radius 3 is 2.52 bits per heavy atom. The van der Waals surface area contributed by atoms with Crippen molar-refractivity contribution in [2.24, 2.45) is 0 Å². The van der Waals surface area contributed by atoms with Gasteiger partial charge in [0.1, 0.15) is 0 Å². The van der Waals surface area contributed by atoms with Crippen LogP contribution in [0.5, 0.6) is 11.5 Å². The van der Waals surface area contributed by atoms with Gasteiger partial charge in [0.15, 0.2) is 11.5 Å². The Kier molecular flexibility index (Phi) is 9.72. The van der Waals surface area contributed by atoms with Crippen LogP contribution >= 0.6 is 23.4 Å². The molecule has 0 saturated carbocycles. The van der Waals surface area contributed by atoms with Gasteiger partial charge in [0, 0.05) is 6.54 Å². The number of rotatable bonds is 11. The zero-order chi connectivity index (χ0) is 15.5. The zero-order valence-corrected chi connectivity index (χ0v) is 14.8. The number of thioether (sulfide) groups is 1. The molecule has 1 aromatic rings. The van der Waals surface area contributed by atoms with Crippen molar-refractivity contribution in [3.8, 4) is 11.5 Å². The van der Waals surface area contributed by atoms with E-state index in [4.69, 9.17) is 21.1 Å². The van der Waals surface area contributed by atoms with E-state index in [-0.39, 0.29) is 0 Å². The summed E-state index contributed by atoms with van der Waals surface area (Å²) in [6.45, 7) is 1.77. The number of halogens is 1. The minimum Gasteiger partial charge on any atom is -0.493 e. The molecule has 1 aromatic carbocycles. The van der Waals surface area contributed by atoms with Gasteiger partial charge in [0.05, 0.1) is 19.2 Å². The number of unbranched alkanes of at least 4 members (excludes halogenated alkanes) is 3. The van der Waals surface area contributed by atoms with E-state index in [0.717, 1.165) is 18.7 Å². The van der Waals surface area contributed by atoms with Gasteiger partial charge in [-0.3, -0.25) is 0 Å². The third-order valence-electron chi connectivity index (χ3n) is 3.33. The summed E-state index contributed by atoms with van der Waals surface area (Å²) in [6.07, 6.45) is 7.29. The van der Waals surface area contributed by atoms with Crippen molar-refractivity contribution in [3.63, 3.8) is 0 Å². The summed E-state index contributed by atoms with van der Waals surface area (Å²) in [5.74, 6) is 2.55. The maximum atomic E-state index is 6.34. The molecule has 0 unspecified atom stereocenters. The van der Waals surface area contributed by atoms with Gasteiger partial charge in [0.2, 0.25) is 0 Å². The highest BCUT2D eigenvalue weighted by Crippen LogP contribution is 2.37. The normalized spacial score (nSPS) is 10.7. The van der Waals surface area contributed by atoms with Gasteiger partial charge in [-0.15, -0.1) is 0 Å².